The number of nitrogens with one attached hydrogen (secondary N) is 1. The van der Waals surface area contributed by atoms with Crippen molar-refractivity contribution in [1.29, 1.82) is 0 Å². The number of allylic oxidation sites excluding steroid dienone is 1. The molecule has 0 saturated carbocycles. The second-order valence-electron chi connectivity index (χ2n) is 4.71. The zero-order valence-electron chi connectivity index (χ0n) is 14.2. The summed E-state index contributed by atoms with van der Waals surface area (Å²) in [5.41, 5.74) is 0.217. The quantitative estimate of drug-likeness (QED) is 0.453. The van der Waals surface area contributed by atoms with Gasteiger partial charge in [0.05, 0.1) is 31.0 Å². The van der Waals surface area contributed by atoms with E-state index in [0.29, 0.717) is 6.42 Å². The van der Waals surface area contributed by atoms with E-state index in [2.05, 4.69) is 14.8 Å². The van der Waals surface area contributed by atoms with Crippen molar-refractivity contribution in [3.05, 3.63) is 41.5 Å². The zero-order chi connectivity index (χ0) is 18.8. The molecule has 1 N–H and O–H groups in total. The maximum atomic E-state index is 11.9. The Morgan fingerprint density at radius 1 is 1.08 bits per heavy atom. The third kappa shape index (κ3) is 6.09. The van der Waals surface area contributed by atoms with Gasteiger partial charge < -0.3 is 19.5 Å². The van der Waals surface area contributed by atoms with E-state index in [-0.39, 0.29) is 16.8 Å². The third-order valence-electron chi connectivity index (χ3n) is 2.96. The number of esters is 3. The van der Waals surface area contributed by atoms with Gasteiger partial charge in [0, 0.05) is 6.08 Å². The molecule has 0 bridgehead atoms. The van der Waals surface area contributed by atoms with E-state index >= 15 is 0 Å². The minimum atomic E-state index is -0.699. The van der Waals surface area contributed by atoms with Crippen LogP contribution in [0.25, 0.3) is 0 Å². The molecule has 1 aromatic rings. The van der Waals surface area contributed by atoms with Crippen molar-refractivity contribution >= 4 is 29.5 Å². The van der Waals surface area contributed by atoms with Gasteiger partial charge >= 0.3 is 17.9 Å². The van der Waals surface area contributed by atoms with E-state index in [1.807, 2.05) is 6.92 Å². The molecule has 0 atom stereocenters. The van der Waals surface area contributed by atoms with Gasteiger partial charge in [-0.2, -0.15) is 0 Å². The Hall–Kier alpha value is -3.16. The Kier molecular flexibility index (Phi) is 7.85. The molecule has 0 aliphatic carbocycles. The maximum Gasteiger partial charge on any atom is 0.339 e. The molecule has 0 aromatic heterocycles. The highest BCUT2D eigenvalue weighted by molar-refractivity contribution is 6.04. The Bertz CT molecular complexity index is 694. The number of hydrogen-bond donors (Lipinski definition) is 1. The van der Waals surface area contributed by atoms with Crippen LogP contribution in [-0.2, 0) is 23.8 Å². The summed E-state index contributed by atoms with van der Waals surface area (Å²) in [6, 6.07) is 3.96. The molecule has 0 unspecified atom stereocenters. The highest BCUT2D eigenvalue weighted by Gasteiger charge is 2.17. The van der Waals surface area contributed by atoms with Crippen molar-refractivity contribution < 1.29 is 33.4 Å². The number of ether oxygens (including phenoxy) is 3. The smallest absolute Gasteiger partial charge is 0.339 e. The summed E-state index contributed by atoms with van der Waals surface area (Å²) in [5, 5.41) is 2.41. The van der Waals surface area contributed by atoms with Crippen molar-refractivity contribution in [3.8, 4) is 0 Å². The van der Waals surface area contributed by atoms with E-state index in [1.165, 1.54) is 38.5 Å². The van der Waals surface area contributed by atoms with Crippen LogP contribution in [0.15, 0.2) is 30.4 Å². The van der Waals surface area contributed by atoms with Crippen molar-refractivity contribution in [2.24, 2.45) is 0 Å². The van der Waals surface area contributed by atoms with Crippen LogP contribution in [0.3, 0.4) is 0 Å². The molecule has 0 saturated heterocycles. The predicted octanol–water partition coefficient (Wildman–Crippen LogP) is 1.71. The molecule has 0 fully saturated rings. The summed E-state index contributed by atoms with van der Waals surface area (Å²) in [4.78, 5) is 46.6. The first-order chi connectivity index (χ1) is 11.9. The SMILES string of the molecule is CC/C=C/C(=O)OCC(=O)Nc1cc(C(=O)OC)ccc1C(=O)OC. The monoisotopic (exact) mass is 349 g/mol. The predicted molar refractivity (Wildman–Crippen MR) is 88.1 cm³/mol. The highest BCUT2D eigenvalue weighted by atomic mass is 16.5. The number of carbonyl (C=O) groups excluding carboxylic acids is 4. The summed E-state index contributed by atoms with van der Waals surface area (Å²) in [6.07, 6.45) is 3.46. The van der Waals surface area contributed by atoms with Crippen LogP contribution in [0.5, 0.6) is 0 Å². The van der Waals surface area contributed by atoms with Gasteiger partial charge in [-0.1, -0.05) is 13.0 Å². The van der Waals surface area contributed by atoms with Gasteiger partial charge in [-0.25, -0.2) is 14.4 Å². The van der Waals surface area contributed by atoms with Crippen LogP contribution in [0, 0.1) is 0 Å². The Morgan fingerprint density at radius 3 is 2.36 bits per heavy atom. The van der Waals surface area contributed by atoms with Gasteiger partial charge in [0.25, 0.3) is 5.91 Å². The molecular weight excluding hydrogens is 330 g/mol. The van der Waals surface area contributed by atoms with Gasteiger partial charge in [0.1, 0.15) is 0 Å². The fourth-order valence-corrected chi connectivity index (χ4v) is 1.77. The topological polar surface area (TPSA) is 108 Å². The van der Waals surface area contributed by atoms with Gasteiger partial charge in [-0.05, 0) is 24.6 Å². The van der Waals surface area contributed by atoms with Crippen molar-refractivity contribution in [2.45, 2.75) is 13.3 Å². The second kappa shape index (κ2) is 9.86. The lowest BCUT2D eigenvalue weighted by Crippen LogP contribution is -2.22. The van der Waals surface area contributed by atoms with Gasteiger partial charge in [0.2, 0.25) is 0 Å². The summed E-state index contributed by atoms with van der Waals surface area (Å²) in [5.74, 6) is -2.67. The Morgan fingerprint density at radius 2 is 1.76 bits per heavy atom. The number of hydrogen-bond acceptors (Lipinski definition) is 7. The lowest BCUT2D eigenvalue weighted by atomic mass is 10.1. The number of benzene rings is 1. The van der Waals surface area contributed by atoms with Gasteiger partial charge in [-0.15, -0.1) is 0 Å². The Labute approximate surface area is 144 Å². The van der Waals surface area contributed by atoms with E-state index in [4.69, 9.17) is 4.74 Å². The van der Waals surface area contributed by atoms with Crippen LogP contribution in [0.4, 0.5) is 5.69 Å². The summed E-state index contributed by atoms with van der Waals surface area (Å²) in [7, 11) is 2.39. The average molecular weight is 349 g/mol. The lowest BCUT2D eigenvalue weighted by Gasteiger charge is -2.11. The minimum Gasteiger partial charge on any atom is -0.465 e. The number of carbonyl (C=O) groups is 4. The molecule has 1 rings (SSSR count). The minimum absolute atomic E-state index is 0.0416. The third-order valence-corrected chi connectivity index (χ3v) is 2.96. The Balaban J connectivity index is 2.91. The first-order valence-corrected chi connectivity index (χ1v) is 7.36. The van der Waals surface area contributed by atoms with E-state index in [9.17, 15) is 19.2 Å². The number of rotatable bonds is 7. The molecule has 0 spiro atoms. The fourth-order valence-electron chi connectivity index (χ4n) is 1.77. The van der Waals surface area contributed by atoms with Crippen LogP contribution in [0.2, 0.25) is 0 Å². The molecule has 8 nitrogen and oxygen atoms in total. The van der Waals surface area contributed by atoms with E-state index in [0.717, 1.165) is 0 Å². The van der Waals surface area contributed by atoms with Crippen molar-refractivity contribution in [3.63, 3.8) is 0 Å². The fraction of sp³-hybridized carbons (Fsp3) is 0.294. The van der Waals surface area contributed by atoms with Crippen molar-refractivity contribution in [1.82, 2.24) is 0 Å². The zero-order valence-corrected chi connectivity index (χ0v) is 14.2. The van der Waals surface area contributed by atoms with Gasteiger partial charge in [0.15, 0.2) is 6.61 Å². The summed E-state index contributed by atoms with van der Waals surface area (Å²) in [6.45, 7) is 1.30. The average Bonchev–Trinajstić information content (AvgIpc) is 2.63. The molecule has 25 heavy (non-hydrogen) atoms. The molecule has 134 valence electrons. The maximum absolute atomic E-state index is 11.9. The first kappa shape index (κ1) is 19.9. The number of methoxy groups -OCH3 is 2. The molecule has 1 aromatic carbocycles. The summed E-state index contributed by atoms with van der Waals surface area (Å²) < 4.78 is 14.0. The molecule has 8 heteroatoms. The molecule has 0 aliphatic rings. The second-order valence-corrected chi connectivity index (χ2v) is 4.71. The van der Waals surface area contributed by atoms with E-state index < -0.39 is 30.4 Å². The van der Waals surface area contributed by atoms with Gasteiger partial charge in [-0.3, -0.25) is 4.79 Å². The number of amides is 1. The summed E-state index contributed by atoms with van der Waals surface area (Å²) >= 11 is 0. The molecular formula is C17H19NO7. The normalized spacial score (nSPS) is 10.2. The van der Waals surface area contributed by atoms with Crippen LogP contribution < -0.4 is 5.32 Å². The number of anilines is 1. The molecule has 0 heterocycles. The molecule has 0 radical (unpaired) electrons. The molecule has 1 amide bonds. The molecule has 0 aliphatic heterocycles. The standard InChI is InChI=1S/C17H19NO7/c1-4-5-6-15(20)25-10-14(19)18-13-9-11(16(21)23-2)7-8-12(13)17(22)24-3/h5-9H,4,10H2,1-3H3,(H,18,19)/b6-5+. The van der Waals surface area contributed by atoms with Crippen LogP contribution in [-0.4, -0.2) is 44.6 Å². The van der Waals surface area contributed by atoms with E-state index in [1.54, 1.807) is 6.08 Å². The largest absolute Gasteiger partial charge is 0.465 e. The van der Waals surface area contributed by atoms with Crippen LogP contribution >= 0.6 is 0 Å². The van der Waals surface area contributed by atoms with Crippen molar-refractivity contribution in [2.75, 3.05) is 26.1 Å². The lowest BCUT2D eigenvalue weighted by molar-refractivity contribution is -0.142. The highest BCUT2D eigenvalue weighted by Crippen LogP contribution is 2.19. The first-order valence-electron chi connectivity index (χ1n) is 7.36. The van der Waals surface area contributed by atoms with Crippen LogP contribution in [0.1, 0.15) is 34.1 Å².